The van der Waals surface area contributed by atoms with Crippen LogP contribution >= 0.6 is 0 Å². The minimum Gasteiger partial charge on any atom is -0.387 e. The van der Waals surface area contributed by atoms with Gasteiger partial charge in [0.15, 0.2) is 0 Å². The molecule has 0 saturated carbocycles. The van der Waals surface area contributed by atoms with Crippen molar-refractivity contribution in [2.24, 2.45) is 0 Å². The first-order valence-electron chi connectivity index (χ1n) is 5.96. The van der Waals surface area contributed by atoms with Crippen LogP contribution in [0.15, 0.2) is 6.20 Å². The van der Waals surface area contributed by atoms with E-state index in [2.05, 4.69) is 15.6 Å². The Bertz CT molecular complexity index is 380. The molecule has 0 aliphatic carbocycles. The number of nitrogens with one attached hydrogen (secondary N) is 1. The van der Waals surface area contributed by atoms with E-state index in [-0.39, 0.29) is 5.91 Å². The molecule has 0 fully saturated rings. The average Bonchev–Trinajstić information content (AvgIpc) is 2.86. The minimum absolute atomic E-state index is 0.158. The van der Waals surface area contributed by atoms with Gasteiger partial charge in [-0.2, -0.15) is 0 Å². The van der Waals surface area contributed by atoms with Gasteiger partial charge in [-0.15, -0.1) is 5.10 Å². The Balaban J connectivity index is 2.57. The Hall–Kier alpha value is -1.47. The molecule has 0 radical (unpaired) electrons. The van der Waals surface area contributed by atoms with Gasteiger partial charge in [0.05, 0.1) is 18.9 Å². The summed E-state index contributed by atoms with van der Waals surface area (Å²) in [6.07, 6.45) is 1.52. The zero-order valence-corrected chi connectivity index (χ0v) is 11.0. The van der Waals surface area contributed by atoms with E-state index in [1.807, 2.05) is 6.92 Å². The van der Waals surface area contributed by atoms with Gasteiger partial charge in [0.25, 0.3) is 0 Å². The Morgan fingerprint density at radius 2 is 2.39 bits per heavy atom. The molecule has 0 spiro atoms. The molecule has 1 aromatic heterocycles. The van der Waals surface area contributed by atoms with Crippen LogP contribution in [0, 0.1) is 0 Å². The normalized spacial score (nSPS) is 14.2. The quantitative estimate of drug-likeness (QED) is 0.673. The van der Waals surface area contributed by atoms with Crippen LogP contribution in [-0.2, 0) is 9.53 Å². The molecule has 18 heavy (non-hydrogen) atoms. The SMILES string of the molecule is CCC(O)c1cn(C(C)C(=O)NCCOC)nn1. The maximum absolute atomic E-state index is 11.7. The number of amides is 1. The summed E-state index contributed by atoms with van der Waals surface area (Å²) < 4.78 is 6.29. The first-order valence-corrected chi connectivity index (χ1v) is 5.96. The van der Waals surface area contributed by atoms with Crippen LogP contribution in [0.3, 0.4) is 0 Å². The summed E-state index contributed by atoms with van der Waals surface area (Å²) in [6.45, 7) is 4.50. The van der Waals surface area contributed by atoms with Crippen LogP contribution < -0.4 is 5.32 Å². The molecule has 1 aromatic rings. The van der Waals surface area contributed by atoms with Crippen molar-refractivity contribution >= 4 is 5.91 Å². The molecule has 0 aromatic carbocycles. The van der Waals surface area contributed by atoms with Crippen LogP contribution in [0.1, 0.15) is 38.1 Å². The lowest BCUT2D eigenvalue weighted by Gasteiger charge is -2.11. The van der Waals surface area contributed by atoms with Crippen molar-refractivity contribution < 1.29 is 14.6 Å². The van der Waals surface area contributed by atoms with Gasteiger partial charge in [0, 0.05) is 13.7 Å². The number of hydrogen-bond acceptors (Lipinski definition) is 5. The molecule has 2 atom stereocenters. The minimum atomic E-state index is -0.637. The predicted molar refractivity (Wildman–Crippen MR) is 64.9 cm³/mol. The highest BCUT2D eigenvalue weighted by Crippen LogP contribution is 2.14. The van der Waals surface area contributed by atoms with E-state index in [1.54, 1.807) is 20.2 Å². The number of methoxy groups -OCH3 is 1. The molecule has 0 aliphatic heterocycles. The van der Waals surface area contributed by atoms with Crippen molar-refractivity contribution in [3.05, 3.63) is 11.9 Å². The van der Waals surface area contributed by atoms with Gasteiger partial charge in [-0.05, 0) is 13.3 Å². The highest BCUT2D eigenvalue weighted by Gasteiger charge is 2.18. The summed E-state index contributed by atoms with van der Waals surface area (Å²) in [6, 6.07) is -0.466. The van der Waals surface area contributed by atoms with Crippen LogP contribution in [-0.4, -0.2) is 46.3 Å². The fraction of sp³-hybridized carbons (Fsp3) is 0.727. The van der Waals surface area contributed by atoms with E-state index in [4.69, 9.17) is 4.74 Å². The molecule has 1 heterocycles. The number of hydrogen-bond donors (Lipinski definition) is 2. The van der Waals surface area contributed by atoms with Crippen LogP contribution in [0.2, 0.25) is 0 Å². The van der Waals surface area contributed by atoms with Crippen LogP contribution in [0.4, 0.5) is 0 Å². The van der Waals surface area contributed by atoms with Gasteiger partial charge in [0.1, 0.15) is 11.7 Å². The number of nitrogens with zero attached hydrogens (tertiary/aromatic N) is 3. The van der Waals surface area contributed by atoms with Gasteiger partial charge in [-0.3, -0.25) is 4.79 Å². The van der Waals surface area contributed by atoms with E-state index < -0.39 is 12.1 Å². The molecular formula is C11H20N4O3. The molecule has 1 rings (SSSR count). The summed E-state index contributed by atoms with van der Waals surface area (Å²) in [5.74, 6) is -0.158. The molecule has 102 valence electrons. The third kappa shape index (κ3) is 3.78. The van der Waals surface area contributed by atoms with Crippen molar-refractivity contribution in [1.82, 2.24) is 20.3 Å². The summed E-state index contributed by atoms with van der Waals surface area (Å²) in [4.78, 5) is 11.7. The summed E-state index contributed by atoms with van der Waals surface area (Å²) in [5.41, 5.74) is 0.481. The van der Waals surface area contributed by atoms with E-state index in [0.29, 0.717) is 25.3 Å². The van der Waals surface area contributed by atoms with E-state index in [9.17, 15) is 9.90 Å². The summed E-state index contributed by atoms with van der Waals surface area (Å²) >= 11 is 0. The first-order chi connectivity index (χ1) is 8.60. The fourth-order valence-electron chi connectivity index (χ4n) is 1.39. The highest BCUT2D eigenvalue weighted by atomic mass is 16.5. The monoisotopic (exact) mass is 256 g/mol. The van der Waals surface area contributed by atoms with E-state index >= 15 is 0 Å². The largest absolute Gasteiger partial charge is 0.387 e. The number of aliphatic hydroxyl groups excluding tert-OH is 1. The fourth-order valence-corrected chi connectivity index (χ4v) is 1.39. The molecule has 0 aliphatic rings. The Morgan fingerprint density at radius 1 is 1.67 bits per heavy atom. The van der Waals surface area contributed by atoms with Gasteiger partial charge < -0.3 is 15.2 Å². The lowest BCUT2D eigenvalue weighted by Crippen LogP contribution is -2.33. The number of aliphatic hydroxyl groups is 1. The van der Waals surface area contributed by atoms with E-state index in [0.717, 1.165) is 0 Å². The third-order valence-corrected chi connectivity index (χ3v) is 2.64. The number of carbonyl (C=O) groups is 1. The predicted octanol–water partition coefficient (Wildman–Crippen LogP) is 0.0451. The zero-order valence-electron chi connectivity index (χ0n) is 11.0. The maximum atomic E-state index is 11.7. The van der Waals surface area contributed by atoms with Gasteiger partial charge >= 0.3 is 0 Å². The van der Waals surface area contributed by atoms with Gasteiger partial charge in [-0.1, -0.05) is 12.1 Å². The second-order valence-electron chi connectivity index (χ2n) is 4.01. The summed E-state index contributed by atoms with van der Waals surface area (Å²) in [7, 11) is 1.57. The van der Waals surface area contributed by atoms with Crippen molar-refractivity contribution in [1.29, 1.82) is 0 Å². The van der Waals surface area contributed by atoms with Crippen LogP contribution in [0.5, 0.6) is 0 Å². The molecule has 1 amide bonds. The topological polar surface area (TPSA) is 89.3 Å². The van der Waals surface area contributed by atoms with E-state index in [1.165, 1.54) is 4.68 Å². The number of carbonyl (C=O) groups excluding carboxylic acids is 1. The molecule has 7 heteroatoms. The molecular weight excluding hydrogens is 236 g/mol. The second-order valence-corrected chi connectivity index (χ2v) is 4.01. The highest BCUT2D eigenvalue weighted by molar-refractivity contribution is 5.79. The Kier molecular flexibility index (Phi) is 5.73. The Labute approximate surface area is 106 Å². The molecule has 7 nitrogen and oxygen atoms in total. The number of rotatable bonds is 7. The van der Waals surface area contributed by atoms with Gasteiger partial charge in [0.2, 0.25) is 5.91 Å². The van der Waals surface area contributed by atoms with Crippen molar-refractivity contribution in [3.63, 3.8) is 0 Å². The van der Waals surface area contributed by atoms with Gasteiger partial charge in [-0.25, -0.2) is 4.68 Å². The second kappa shape index (κ2) is 7.07. The molecule has 2 unspecified atom stereocenters. The van der Waals surface area contributed by atoms with Crippen LogP contribution in [0.25, 0.3) is 0 Å². The summed E-state index contributed by atoms with van der Waals surface area (Å²) in [5, 5.41) is 20.0. The van der Waals surface area contributed by atoms with Crippen molar-refractivity contribution in [3.8, 4) is 0 Å². The first kappa shape index (κ1) is 14.6. The smallest absolute Gasteiger partial charge is 0.244 e. The lowest BCUT2D eigenvalue weighted by atomic mass is 10.2. The number of aromatic nitrogens is 3. The molecule has 0 bridgehead atoms. The lowest BCUT2D eigenvalue weighted by molar-refractivity contribution is -0.124. The third-order valence-electron chi connectivity index (χ3n) is 2.64. The van der Waals surface area contributed by atoms with Crippen molar-refractivity contribution in [2.75, 3.05) is 20.3 Å². The number of ether oxygens (including phenoxy) is 1. The zero-order chi connectivity index (χ0) is 13.5. The Morgan fingerprint density at radius 3 is 3.00 bits per heavy atom. The standard InChI is InChI=1S/C11H20N4O3/c1-4-10(16)9-7-15(14-13-9)8(2)11(17)12-5-6-18-3/h7-8,10,16H,4-6H2,1-3H3,(H,12,17). The molecule has 2 N–H and O–H groups in total. The maximum Gasteiger partial charge on any atom is 0.244 e. The van der Waals surface area contributed by atoms with Crippen molar-refractivity contribution in [2.45, 2.75) is 32.4 Å². The average molecular weight is 256 g/mol. The molecule has 0 saturated heterocycles.